The maximum atomic E-state index is 12.8. The largest absolute Gasteiger partial charge is 0.342 e. The van der Waals surface area contributed by atoms with Gasteiger partial charge in [0.2, 0.25) is 15.9 Å². The summed E-state index contributed by atoms with van der Waals surface area (Å²) in [5.41, 5.74) is 0. The number of nitrogens with zero attached hydrogens (tertiary/aromatic N) is 3. The van der Waals surface area contributed by atoms with Gasteiger partial charge in [0.05, 0.1) is 10.8 Å². The van der Waals surface area contributed by atoms with Crippen molar-refractivity contribution in [3.05, 3.63) is 18.3 Å². The molecule has 6 nitrogen and oxygen atoms in total. The highest BCUT2D eigenvalue weighted by atomic mass is 32.2. The predicted molar refractivity (Wildman–Crippen MR) is 112 cm³/mol. The molecule has 156 valence electrons. The summed E-state index contributed by atoms with van der Waals surface area (Å²) in [7, 11) is -3.47. The Morgan fingerprint density at radius 3 is 2.04 bits per heavy atom. The van der Waals surface area contributed by atoms with E-state index in [9.17, 15) is 13.2 Å². The topological polar surface area (TPSA) is 70.6 Å². The van der Waals surface area contributed by atoms with Gasteiger partial charge in [-0.15, -0.1) is 0 Å². The van der Waals surface area contributed by atoms with E-state index in [-0.39, 0.29) is 10.8 Å². The Labute approximate surface area is 173 Å². The fourth-order valence-electron chi connectivity index (χ4n) is 3.76. The van der Waals surface area contributed by atoms with Gasteiger partial charge < -0.3 is 4.90 Å². The van der Waals surface area contributed by atoms with Gasteiger partial charge in [0, 0.05) is 32.4 Å². The lowest BCUT2D eigenvalue weighted by Crippen LogP contribution is -2.35. The minimum absolute atomic E-state index is 0.148. The van der Waals surface area contributed by atoms with E-state index in [1.54, 1.807) is 16.4 Å². The van der Waals surface area contributed by atoms with E-state index >= 15 is 0 Å². The van der Waals surface area contributed by atoms with Crippen molar-refractivity contribution < 1.29 is 13.2 Å². The van der Waals surface area contributed by atoms with Crippen LogP contribution in [-0.4, -0.2) is 60.4 Å². The first-order valence-corrected chi connectivity index (χ1v) is 12.9. The number of aromatic nitrogens is 1. The highest BCUT2D eigenvalue weighted by Gasteiger charge is 2.25. The molecule has 1 aromatic heterocycles. The molecular weight excluding hydrogens is 394 g/mol. The van der Waals surface area contributed by atoms with Crippen molar-refractivity contribution in [2.24, 2.45) is 0 Å². The lowest BCUT2D eigenvalue weighted by molar-refractivity contribution is -0.128. The van der Waals surface area contributed by atoms with Crippen LogP contribution in [0.3, 0.4) is 0 Å². The van der Waals surface area contributed by atoms with Crippen LogP contribution in [0.5, 0.6) is 0 Å². The Morgan fingerprint density at radius 2 is 1.46 bits per heavy atom. The van der Waals surface area contributed by atoms with Gasteiger partial charge in [0.25, 0.3) is 0 Å². The van der Waals surface area contributed by atoms with Crippen LogP contribution in [0, 0.1) is 0 Å². The minimum atomic E-state index is -3.47. The summed E-state index contributed by atoms with van der Waals surface area (Å²) in [6.45, 7) is 2.87. The van der Waals surface area contributed by atoms with Crippen LogP contribution in [0.15, 0.2) is 28.3 Å². The molecule has 8 heteroatoms. The third-order valence-corrected chi connectivity index (χ3v) is 8.28. The van der Waals surface area contributed by atoms with Crippen LogP contribution >= 0.6 is 11.8 Å². The van der Waals surface area contributed by atoms with Crippen molar-refractivity contribution in [1.82, 2.24) is 14.2 Å². The number of thioether (sulfide) groups is 1. The highest BCUT2D eigenvalue weighted by Crippen LogP contribution is 2.23. The van der Waals surface area contributed by atoms with Crippen molar-refractivity contribution in [2.45, 2.75) is 67.7 Å². The van der Waals surface area contributed by atoms with E-state index in [0.717, 1.165) is 51.6 Å². The summed E-state index contributed by atoms with van der Waals surface area (Å²) >= 11 is 1.38. The van der Waals surface area contributed by atoms with E-state index in [4.69, 9.17) is 0 Å². The quantitative estimate of drug-likeness (QED) is 0.675. The number of hydrogen-bond acceptors (Lipinski definition) is 5. The molecule has 0 saturated carbocycles. The molecule has 2 aliphatic heterocycles. The molecule has 2 aliphatic rings. The Kier molecular flexibility index (Phi) is 8.17. The molecule has 3 rings (SSSR count). The number of sulfonamides is 1. The molecule has 0 bridgehead atoms. The maximum absolute atomic E-state index is 12.8. The monoisotopic (exact) mass is 425 g/mol. The van der Waals surface area contributed by atoms with Gasteiger partial charge in [0.1, 0.15) is 4.90 Å². The van der Waals surface area contributed by atoms with Gasteiger partial charge >= 0.3 is 0 Å². The van der Waals surface area contributed by atoms with Crippen LogP contribution in [-0.2, 0) is 14.8 Å². The van der Waals surface area contributed by atoms with Crippen LogP contribution in [0.25, 0.3) is 0 Å². The van der Waals surface area contributed by atoms with Crippen LogP contribution < -0.4 is 0 Å². The Bertz CT molecular complexity index is 722. The Morgan fingerprint density at radius 1 is 0.893 bits per heavy atom. The first-order valence-electron chi connectivity index (χ1n) is 10.4. The molecule has 1 aromatic rings. The molecule has 0 N–H and O–H groups in total. The second-order valence-corrected chi connectivity index (χ2v) is 10.5. The molecule has 1 amide bonds. The third kappa shape index (κ3) is 5.94. The van der Waals surface area contributed by atoms with Gasteiger partial charge in [0.15, 0.2) is 0 Å². The van der Waals surface area contributed by atoms with Gasteiger partial charge in [-0.3, -0.25) is 4.79 Å². The Balaban J connectivity index is 1.55. The third-order valence-electron chi connectivity index (χ3n) is 5.46. The first-order chi connectivity index (χ1) is 13.6. The minimum Gasteiger partial charge on any atom is -0.342 e. The van der Waals surface area contributed by atoms with Gasteiger partial charge in [-0.2, -0.15) is 4.31 Å². The summed E-state index contributed by atoms with van der Waals surface area (Å²) in [6.07, 6.45) is 11.3. The normalized spacial score (nSPS) is 20.2. The van der Waals surface area contributed by atoms with Gasteiger partial charge in [-0.1, -0.05) is 43.9 Å². The van der Waals surface area contributed by atoms with Crippen LogP contribution in [0.4, 0.5) is 0 Å². The smallest absolute Gasteiger partial charge is 0.244 e. The van der Waals surface area contributed by atoms with Crippen molar-refractivity contribution in [1.29, 1.82) is 0 Å². The molecule has 0 atom stereocenters. The van der Waals surface area contributed by atoms with Crippen LogP contribution in [0.2, 0.25) is 0 Å². The highest BCUT2D eigenvalue weighted by molar-refractivity contribution is 7.99. The summed E-state index contributed by atoms with van der Waals surface area (Å²) in [4.78, 5) is 19.0. The number of carbonyl (C=O) groups is 1. The average Bonchev–Trinajstić information content (AvgIpc) is 2.96. The lowest BCUT2D eigenvalue weighted by Gasteiger charge is -2.24. The second kappa shape index (κ2) is 10.6. The average molecular weight is 426 g/mol. The van der Waals surface area contributed by atoms with E-state index in [1.165, 1.54) is 37.2 Å². The van der Waals surface area contributed by atoms with E-state index < -0.39 is 10.0 Å². The molecule has 3 heterocycles. The number of likely N-dealkylation sites (tertiary alicyclic amines) is 1. The molecule has 0 aromatic carbocycles. The standard InChI is InChI=1S/C20H31N3O3S2/c24-20(22-12-6-2-1-3-7-13-22)17-27-19-11-10-18(16-21-19)28(25,26)23-14-8-4-5-9-15-23/h10-11,16H,1-9,12-15,17H2. The summed E-state index contributed by atoms with van der Waals surface area (Å²) in [5.74, 6) is 0.501. The summed E-state index contributed by atoms with van der Waals surface area (Å²) in [5, 5.41) is 0.690. The molecule has 0 spiro atoms. The number of hydrogen-bond donors (Lipinski definition) is 0. The van der Waals surface area contributed by atoms with E-state index in [1.807, 2.05) is 4.90 Å². The van der Waals surface area contributed by atoms with Gasteiger partial charge in [-0.05, 0) is 37.8 Å². The maximum Gasteiger partial charge on any atom is 0.244 e. The van der Waals surface area contributed by atoms with Crippen molar-refractivity contribution in [3.63, 3.8) is 0 Å². The Hall–Kier alpha value is -1.12. The number of carbonyl (C=O) groups excluding carboxylic acids is 1. The molecule has 0 aliphatic carbocycles. The van der Waals surface area contributed by atoms with Crippen LogP contribution in [0.1, 0.15) is 57.8 Å². The van der Waals surface area contributed by atoms with E-state index in [2.05, 4.69) is 4.98 Å². The van der Waals surface area contributed by atoms with Gasteiger partial charge in [-0.25, -0.2) is 13.4 Å². The molecule has 28 heavy (non-hydrogen) atoms. The predicted octanol–water partition coefficient (Wildman–Crippen LogP) is 3.53. The number of pyridine rings is 1. The fraction of sp³-hybridized carbons (Fsp3) is 0.700. The number of rotatable bonds is 5. The number of amides is 1. The zero-order chi connectivity index (χ0) is 19.8. The van der Waals surface area contributed by atoms with E-state index in [0.29, 0.717) is 23.9 Å². The zero-order valence-corrected chi connectivity index (χ0v) is 18.1. The van der Waals surface area contributed by atoms with Crippen molar-refractivity contribution in [2.75, 3.05) is 31.9 Å². The molecule has 2 saturated heterocycles. The molecule has 2 fully saturated rings. The fourth-order valence-corrected chi connectivity index (χ4v) is 5.97. The summed E-state index contributed by atoms with van der Waals surface area (Å²) < 4.78 is 27.2. The van der Waals surface area contributed by atoms with Crippen molar-refractivity contribution >= 4 is 27.7 Å². The molecular formula is C20H31N3O3S2. The van der Waals surface area contributed by atoms with Crippen molar-refractivity contribution in [3.8, 4) is 0 Å². The first kappa shape index (κ1) is 21.6. The second-order valence-electron chi connectivity index (χ2n) is 7.59. The molecule has 0 unspecified atom stereocenters. The lowest BCUT2D eigenvalue weighted by atomic mass is 10.1. The zero-order valence-electron chi connectivity index (χ0n) is 16.5. The molecule has 0 radical (unpaired) electrons. The SMILES string of the molecule is O=C(CSc1ccc(S(=O)(=O)N2CCCCCC2)cn1)N1CCCCCCC1. The summed E-state index contributed by atoms with van der Waals surface area (Å²) in [6, 6.07) is 3.34.